The van der Waals surface area contributed by atoms with Gasteiger partial charge in [0.2, 0.25) is 5.91 Å². The van der Waals surface area contributed by atoms with E-state index in [-0.39, 0.29) is 5.91 Å². The number of aromatic amines is 1. The zero-order valence-electron chi connectivity index (χ0n) is 19.3. The van der Waals surface area contributed by atoms with Crippen molar-refractivity contribution in [1.29, 1.82) is 0 Å². The lowest BCUT2D eigenvalue weighted by molar-refractivity contribution is -0.130. The molecule has 1 aromatic carbocycles. The van der Waals surface area contributed by atoms with Crippen LogP contribution in [0, 0.1) is 12.3 Å². The van der Waals surface area contributed by atoms with E-state index in [1.807, 2.05) is 6.07 Å². The molecule has 0 radical (unpaired) electrons. The molecule has 0 spiro atoms. The Balaban J connectivity index is 1.57. The summed E-state index contributed by atoms with van der Waals surface area (Å²) in [6, 6.07) is 8.68. The van der Waals surface area contributed by atoms with Gasteiger partial charge in [0.25, 0.3) is 0 Å². The van der Waals surface area contributed by atoms with E-state index in [9.17, 15) is 4.79 Å². The number of rotatable bonds is 7. The first-order valence-electron chi connectivity index (χ1n) is 11.4. The Labute approximate surface area is 184 Å². The van der Waals surface area contributed by atoms with E-state index >= 15 is 0 Å². The van der Waals surface area contributed by atoms with Gasteiger partial charge in [0.05, 0.1) is 11.1 Å². The summed E-state index contributed by atoms with van der Waals surface area (Å²) >= 11 is 0. The minimum Gasteiger partial charge on any atom is -0.361 e. The van der Waals surface area contributed by atoms with E-state index in [1.54, 1.807) is 7.05 Å². The number of carbonyl (C=O) groups excluding carboxylic acids is 1. The molecule has 2 aromatic heterocycles. The third-order valence-electron chi connectivity index (χ3n) is 6.80. The van der Waals surface area contributed by atoms with Crippen LogP contribution >= 0.6 is 0 Å². The molecule has 1 aliphatic heterocycles. The zero-order chi connectivity index (χ0) is 22.2. The smallest absolute Gasteiger partial charge is 0.227 e. The Morgan fingerprint density at radius 3 is 2.84 bits per heavy atom. The summed E-state index contributed by atoms with van der Waals surface area (Å²) in [6.07, 6.45) is 2.42. The average Bonchev–Trinajstić information content (AvgIpc) is 3.46. The SMILES string of the molecule is CCc1ccc2[nH]c(C)c(CN3CCC(Cc4cc(C(C)C)no4)(C(=O)NC)C3)c2c1. The Bertz CT molecular complexity index is 1080. The number of fused-ring (bicyclic) bond motifs is 1. The van der Waals surface area contributed by atoms with Crippen LogP contribution in [0.3, 0.4) is 0 Å². The number of carbonyl (C=O) groups is 1. The van der Waals surface area contributed by atoms with Gasteiger partial charge in [-0.15, -0.1) is 0 Å². The summed E-state index contributed by atoms with van der Waals surface area (Å²) in [5, 5.41) is 8.39. The van der Waals surface area contributed by atoms with E-state index < -0.39 is 5.41 Å². The van der Waals surface area contributed by atoms with E-state index in [1.165, 1.54) is 27.7 Å². The molecule has 0 saturated carbocycles. The quantitative estimate of drug-likeness (QED) is 0.594. The third kappa shape index (κ3) is 4.13. The zero-order valence-corrected chi connectivity index (χ0v) is 19.3. The summed E-state index contributed by atoms with van der Waals surface area (Å²) in [5.41, 5.74) is 5.52. The molecule has 2 N–H and O–H groups in total. The van der Waals surface area contributed by atoms with Crippen LogP contribution in [0.25, 0.3) is 10.9 Å². The normalized spacial score (nSPS) is 19.5. The van der Waals surface area contributed by atoms with Crippen LogP contribution in [0.5, 0.6) is 0 Å². The third-order valence-corrected chi connectivity index (χ3v) is 6.80. The standard InChI is InChI=1S/C25H34N4O2/c1-6-18-7-8-22-20(11-18)21(17(4)27-22)14-29-10-9-25(15-29,24(30)26-5)13-19-12-23(16(2)3)28-31-19/h7-8,11-12,16,27H,6,9-10,13-15H2,1-5H3,(H,26,30). The van der Waals surface area contributed by atoms with Crippen LogP contribution in [-0.2, 0) is 24.2 Å². The number of aromatic nitrogens is 2. The molecule has 166 valence electrons. The van der Waals surface area contributed by atoms with E-state index in [4.69, 9.17) is 4.52 Å². The van der Waals surface area contributed by atoms with Crippen molar-refractivity contribution in [3.63, 3.8) is 0 Å². The van der Waals surface area contributed by atoms with Gasteiger partial charge in [-0.1, -0.05) is 32.0 Å². The highest BCUT2D eigenvalue weighted by molar-refractivity contribution is 5.85. The Kier molecular flexibility index (Phi) is 5.93. The van der Waals surface area contributed by atoms with Crippen molar-refractivity contribution in [2.24, 2.45) is 5.41 Å². The fourth-order valence-corrected chi connectivity index (χ4v) is 4.86. The second-order valence-corrected chi connectivity index (χ2v) is 9.33. The number of amides is 1. The maximum absolute atomic E-state index is 13.0. The number of nitrogens with zero attached hydrogens (tertiary/aromatic N) is 2. The predicted octanol–water partition coefficient (Wildman–Crippen LogP) is 4.33. The van der Waals surface area contributed by atoms with E-state index in [2.05, 4.69) is 66.3 Å². The number of benzene rings is 1. The first-order valence-corrected chi connectivity index (χ1v) is 11.4. The summed E-state index contributed by atoms with van der Waals surface area (Å²) in [4.78, 5) is 18.9. The highest BCUT2D eigenvalue weighted by Gasteiger charge is 2.45. The highest BCUT2D eigenvalue weighted by atomic mass is 16.5. The molecule has 3 heterocycles. The number of nitrogens with one attached hydrogen (secondary N) is 2. The molecule has 0 bridgehead atoms. The second kappa shape index (κ2) is 8.50. The Morgan fingerprint density at radius 2 is 2.16 bits per heavy atom. The first-order chi connectivity index (χ1) is 14.8. The fourth-order valence-electron chi connectivity index (χ4n) is 4.86. The molecular weight excluding hydrogens is 388 g/mol. The monoisotopic (exact) mass is 422 g/mol. The van der Waals surface area contributed by atoms with Crippen LogP contribution in [0.2, 0.25) is 0 Å². The number of likely N-dealkylation sites (tertiary alicyclic amines) is 1. The number of H-pyrrole nitrogens is 1. The maximum atomic E-state index is 13.0. The van der Waals surface area contributed by atoms with Crippen molar-refractivity contribution in [3.8, 4) is 0 Å². The molecule has 0 aliphatic carbocycles. The summed E-state index contributed by atoms with van der Waals surface area (Å²) in [5.74, 6) is 1.19. The molecule has 1 atom stereocenters. The van der Waals surface area contributed by atoms with Gasteiger partial charge < -0.3 is 14.8 Å². The minimum absolute atomic E-state index is 0.0846. The summed E-state index contributed by atoms with van der Waals surface area (Å²) in [6.45, 7) is 11.0. The van der Waals surface area contributed by atoms with Gasteiger partial charge in [-0.25, -0.2) is 0 Å². The van der Waals surface area contributed by atoms with Crippen molar-refractivity contribution in [2.45, 2.75) is 59.4 Å². The predicted molar refractivity (Wildman–Crippen MR) is 123 cm³/mol. The van der Waals surface area contributed by atoms with E-state index in [0.717, 1.165) is 37.4 Å². The molecule has 3 aromatic rings. The maximum Gasteiger partial charge on any atom is 0.227 e. The van der Waals surface area contributed by atoms with Crippen molar-refractivity contribution < 1.29 is 9.32 Å². The lowest BCUT2D eigenvalue weighted by atomic mass is 9.81. The fraction of sp³-hybridized carbons (Fsp3) is 0.520. The minimum atomic E-state index is -0.489. The molecule has 1 unspecified atom stereocenters. The van der Waals surface area contributed by atoms with E-state index in [0.29, 0.717) is 18.9 Å². The lowest BCUT2D eigenvalue weighted by Crippen LogP contribution is -2.43. The second-order valence-electron chi connectivity index (χ2n) is 9.33. The van der Waals surface area contributed by atoms with Crippen LogP contribution in [0.15, 0.2) is 28.8 Å². The Hall–Kier alpha value is -2.60. The molecule has 6 nitrogen and oxygen atoms in total. The molecule has 1 amide bonds. The van der Waals surface area contributed by atoms with Gasteiger partial charge in [0.15, 0.2) is 0 Å². The molecule has 31 heavy (non-hydrogen) atoms. The molecule has 1 aliphatic rings. The van der Waals surface area contributed by atoms with Crippen LogP contribution < -0.4 is 5.32 Å². The van der Waals surface area contributed by atoms with Gasteiger partial charge >= 0.3 is 0 Å². The van der Waals surface area contributed by atoms with Crippen molar-refractivity contribution in [1.82, 2.24) is 20.4 Å². The first kappa shape index (κ1) is 21.6. The van der Waals surface area contributed by atoms with Crippen LogP contribution in [0.1, 0.15) is 61.4 Å². The largest absolute Gasteiger partial charge is 0.361 e. The molecule has 4 rings (SSSR count). The molecular formula is C25H34N4O2. The highest BCUT2D eigenvalue weighted by Crippen LogP contribution is 2.37. The number of hydrogen-bond donors (Lipinski definition) is 2. The van der Waals surface area contributed by atoms with Crippen molar-refractivity contribution in [3.05, 3.63) is 52.5 Å². The van der Waals surface area contributed by atoms with Gasteiger partial charge in [0.1, 0.15) is 5.76 Å². The van der Waals surface area contributed by atoms with Crippen molar-refractivity contribution >= 4 is 16.8 Å². The van der Waals surface area contributed by atoms with Gasteiger partial charge in [-0.05, 0) is 55.5 Å². The topological polar surface area (TPSA) is 74.2 Å². The number of hydrogen-bond acceptors (Lipinski definition) is 4. The van der Waals surface area contributed by atoms with Gasteiger partial charge in [-0.3, -0.25) is 9.69 Å². The lowest BCUT2D eigenvalue weighted by Gasteiger charge is -2.26. The molecule has 6 heteroatoms. The molecule has 1 fully saturated rings. The van der Waals surface area contributed by atoms with Gasteiger partial charge in [0, 0.05) is 49.2 Å². The molecule has 1 saturated heterocycles. The summed E-state index contributed by atoms with van der Waals surface area (Å²) < 4.78 is 5.60. The van der Waals surface area contributed by atoms with Gasteiger partial charge in [-0.2, -0.15) is 0 Å². The average molecular weight is 423 g/mol. The van der Waals surface area contributed by atoms with Crippen LogP contribution in [-0.4, -0.2) is 41.1 Å². The van der Waals surface area contributed by atoms with Crippen molar-refractivity contribution in [2.75, 3.05) is 20.1 Å². The van der Waals surface area contributed by atoms with Crippen LogP contribution in [0.4, 0.5) is 0 Å². The summed E-state index contributed by atoms with van der Waals surface area (Å²) in [7, 11) is 1.72. The Morgan fingerprint density at radius 1 is 1.35 bits per heavy atom. The number of aryl methyl sites for hydroxylation is 2.